The molecule has 0 radical (unpaired) electrons. The average Bonchev–Trinajstić information content (AvgIpc) is 2.49. The molecule has 0 saturated carbocycles. The Hall–Kier alpha value is -1.11. The Morgan fingerprint density at radius 2 is 2.14 bits per heavy atom. The zero-order valence-corrected chi connectivity index (χ0v) is 13.6. The van der Waals surface area contributed by atoms with Crippen LogP contribution in [0.1, 0.15) is 18.4 Å². The van der Waals surface area contributed by atoms with Crippen LogP contribution in [0.4, 0.5) is 0 Å². The van der Waals surface area contributed by atoms with E-state index in [0.717, 1.165) is 0 Å². The molecule has 1 unspecified atom stereocenters. The second-order valence-electron chi connectivity index (χ2n) is 5.09. The summed E-state index contributed by atoms with van der Waals surface area (Å²) < 4.78 is 31.5. The number of rotatable bonds is 3. The molecule has 1 atom stereocenters. The van der Waals surface area contributed by atoms with Crippen molar-refractivity contribution in [3.05, 3.63) is 28.8 Å². The largest absolute Gasteiger partial charge is 0.469 e. The zero-order chi connectivity index (χ0) is 15.6. The van der Waals surface area contributed by atoms with Gasteiger partial charge in [-0.15, -0.1) is 0 Å². The molecule has 1 saturated heterocycles. The maximum absolute atomic E-state index is 12.7. The number of hydrogen-bond acceptors (Lipinski definition) is 4. The summed E-state index contributed by atoms with van der Waals surface area (Å²) in [4.78, 5) is 11.8. The molecule has 0 aromatic heterocycles. The van der Waals surface area contributed by atoms with Crippen LogP contribution in [0.25, 0.3) is 0 Å². The number of carbonyl (C=O) groups excluding carboxylic acids is 1. The number of benzene rings is 1. The van der Waals surface area contributed by atoms with Crippen LogP contribution in [0.3, 0.4) is 0 Å². The predicted molar refractivity (Wildman–Crippen MR) is 79.7 cm³/mol. The highest BCUT2D eigenvalue weighted by molar-refractivity contribution is 7.89. The van der Waals surface area contributed by atoms with Crippen molar-refractivity contribution in [3.8, 4) is 0 Å². The first-order valence-electron chi connectivity index (χ1n) is 6.71. The molecule has 0 aliphatic carbocycles. The fourth-order valence-corrected chi connectivity index (χ4v) is 4.53. The lowest BCUT2D eigenvalue weighted by Gasteiger charge is -2.30. The Labute approximate surface area is 129 Å². The van der Waals surface area contributed by atoms with Crippen LogP contribution in [0.2, 0.25) is 5.02 Å². The Balaban J connectivity index is 2.31. The van der Waals surface area contributed by atoms with Gasteiger partial charge in [0.15, 0.2) is 0 Å². The number of ether oxygens (including phenoxy) is 1. The van der Waals surface area contributed by atoms with Crippen molar-refractivity contribution in [2.45, 2.75) is 24.7 Å². The van der Waals surface area contributed by atoms with E-state index in [9.17, 15) is 13.2 Å². The van der Waals surface area contributed by atoms with Crippen molar-refractivity contribution in [2.24, 2.45) is 5.92 Å². The van der Waals surface area contributed by atoms with Gasteiger partial charge in [0.25, 0.3) is 0 Å². The smallest absolute Gasteiger partial charge is 0.309 e. The molecule has 0 bridgehead atoms. The number of sulfonamides is 1. The first kappa shape index (κ1) is 16.3. The van der Waals surface area contributed by atoms with Crippen LogP contribution in [0.5, 0.6) is 0 Å². The Morgan fingerprint density at radius 1 is 1.43 bits per heavy atom. The molecule has 1 heterocycles. The highest BCUT2D eigenvalue weighted by atomic mass is 35.5. The molecule has 2 rings (SSSR count). The normalized spacial score (nSPS) is 20.2. The molecule has 1 aromatic carbocycles. The molecule has 0 spiro atoms. The van der Waals surface area contributed by atoms with Crippen molar-refractivity contribution < 1.29 is 17.9 Å². The van der Waals surface area contributed by atoms with E-state index in [1.807, 2.05) is 0 Å². The van der Waals surface area contributed by atoms with E-state index in [1.165, 1.54) is 17.5 Å². The standard InChI is InChI=1S/C14H18ClNO4S/c1-10-12(15)6-3-7-13(10)21(18,19)16-8-4-5-11(9-16)14(17)20-2/h3,6-7,11H,4-5,8-9H2,1-2H3. The van der Waals surface area contributed by atoms with Gasteiger partial charge in [0.05, 0.1) is 17.9 Å². The van der Waals surface area contributed by atoms with E-state index in [1.54, 1.807) is 19.1 Å². The summed E-state index contributed by atoms with van der Waals surface area (Å²) in [5, 5.41) is 0.414. The monoisotopic (exact) mass is 331 g/mol. The van der Waals surface area contributed by atoms with Crippen LogP contribution >= 0.6 is 11.6 Å². The van der Waals surface area contributed by atoms with E-state index < -0.39 is 15.9 Å². The molecular weight excluding hydrogens is 314 g/mol. The Kier molecular flexibility index (Phi) is 4.91. The van der Waals surface area contributed by atoms with E-state index in [0.29, 0.717) is 30.0 Å². The summed E-state index contributed by atoms with van der Waals surface area (Å²) in [7, 11) is -2.33. The van der Waals surface area contributed by atoms with Gasteiger partial charge >= 0.3 is 5.97 Å². The first-order valence-corrected chi connectivity index (χ1v) is 8.53. The van der Waals surface area contributed by atoms with Crippen molar-refractivity contribution in [2.75, 3.05) is 20.2 Å². The highest BCUT2D eigenvalue weighted by Crippen LogP contribution is 2.28. The number of carbonyl (C=O) groups is 1. The van der Waals surface area contributed by atoms with Crippen LogP contribution < -0.4 is 0 Å². The summed E-state index contributed by atoms with van der Waals surface area (Å²) >= 11 is 6.00. The minimum Gasteiger partial charge on any atom is -0.469 e. The molecule has 0 amide bonds. The second kappa shape index (κ2) is 6.34. The molecule has 0 N–H and O–H groups in total. The van der Waals surface area contributed by atoms with Gasteiger partial charge in [-0.3, -0.25) is 4.79 Å². The molecule has 1 aromatic rings. The van der Waals surface area contributed by atoms with Gasteiger partial charge in [-0.05, 0) is 37.5 Å². The number of halogens is 1. The molecule has 5 nitrogen and oxygen atoms in total. The van der Waals surface area contributed by atoms with Crippen LogP contribution in [-0.4, -0.2) is 38.9 Å². The zero-order valence-electron chi connectivity index (χ0n) is 12.0. The third kappa shape index (κ3) is 3.22. The summed E-state index contributed by atoms with van der Waals surface area (Å²) in [5.74, 6) is -0.768. The van der Waals surface area contributed by atoms with Crippen molar-refractivity contribution in [1.82, 2.24) is 4.31 Å². The average molecular weight is 332 g/mol. The minimum atomic E-state index is -3.65. The number of esters is 1. The number of methoxy groups -OCH3 is 1. The van der Waals surface area contributed by atoms with Crippen LogP contribution in [0.15, 0.2) is 23.1 Å². The summed E-state index contributed by atoms with van der Waals surface area (Å²) in [5.41, 5.74) is 0.527. The third-order valence-corrected chi connectivity index (χ3v) is 6.17. The molecule has 1 fully saturated rings. The predicted octanol–water partition coefficient (Wildman–Crippen LogP) is 2.22. The van der Waals surface area contributed by atoms with Gasteiger partial charge in [-0.25, -0.2) is 8.42 Å². The number of piperidine rings is 1. The molecular formula is C14H18ClNO4S. The maximum Gasteiger partial charge on any atom is 0.309 e. The quantitative estimate of drug-likeness (QED) is 0.797. The van der Waals surface area contributed by atoms with Gasteiger partial charge in [0.1, 0.15) is 0 Å². The Bertz CT molecular complexity index is 644. The molecule has 7 heteroatoms. The Morgan fingerprint density at radius 3 is 2.81 bits per heavy atom. The van der Waals surface area contributed by atoms with Gasteiger partial charge in [-0.1, -0.05) is 17.7 Å². The molecule has 116 valence electrons. The summed E-state index contributed by atoms with van der Waals surface area (Å²) in [6.07, 6.45) is 1.28. The van der Waals surface area contributed by atoms with E-state index in [-0.39, 0.29) is 17.4 Å². The lowest BCUT2D eigenvalue weighted by atomic mass is 10.0. The van der Waals surface area contributed by atoms with Gasteiger partial charge < -0.3 is 4.74 Å². The number of nitrogens with zero attached hydrogens (tertiary/aromatic N) is 1. The van der Waals surface area contributed by atoms with Crippen molar-refractivity contribution in [1.29, 1.82) is 0 Å². The van der Waals surface area contributed by atoms with Gasteiger partial charge in [0, 0.05) is 18.1 Å². The van der Waals surface area contributed by atoms with Crippen molar-refractivity contribution in [3.63, 3.8) is 0 Å². The highest BCUT2D eigenvalue weighted by Gasteiger charge is 2.34. The second-order valence-corrected chi connectivity index (χ2v) is 7.40. The molecule has 1 aliphatic heterocycles. The van der Waals surface area contributed by atoms with E-state index in [4.69, 9.17) is 16.3 Å². The maximum atomic E-state index is 12.7. The van der Waals surface area contributed by atoms with E-state index in [2.05, 4.69) is 0 Å². The third-order valence-electron chi connectivity index (χ3n) is 3.75. The van der Waals surface area contributed by atoms with E-state index >= 15 is 0 Å². The topological polar surface area (TPSA) is 63.7 Å². The minimum absolute atomic E-state index is 0.154. The van der Waals surface area contributed by atoms with Crippen LogP contribution in [-0.2, 0) is 19.6 Å². The van der Waals surface area contributed by atoms with Gasteiger partial charge in [0.2, 0.25) is 10.0 Å². The van der Waals surface area contributed by atoms with Gasteiger partial charge in [-0.2, -0.15) is 4.31 Å². The lowest BCUT2D eigenvalue weighted by Crippen LogP contribution is -2.42. The number of hydrogen-bond donors (Lipinski definition) is 0. The fraction of sp³-hybridized carbons (Fsp3) is 0.500. The first-order chi connectivity index (χ1) is 9.87. The van der Waals surface area contributed by atoms with Crippen molar-refractivity contribution >= 4 is 27.6 Å². The fourth-order valence-electron chi connectivity index (χ4n) is 2.53. The SMILES string of the molecule is COC(=O)C1CCCN(S(=O)(=O)c2cccc(Cl)c2C)C1. The van der Waals surface area contributed by atoms with Crippen LogP contribution in [0, 0.1) is 12.8 Å². The lowest BCUT2D eigenvalue weighted by molar-refractivity contribution is -0.146. The molecule has 21 heavy (non-hydrogen) atoms. The molecule has 1 aliphatic rings. The summed E-state index contributed by atoms with van der Waals surface area (Å²) in [6.45, 7) is 2.24. The summed E-state index contributed by atoms with van der Waals surface area (Å²) in [6, 6.07) is 4.81.